The van der Waals surface area contributed by atoms with Crippen LogP contribution in [0.3, 0.4) is 0 Å². The molecule has 3 heterocycles. The lowest BCUT2D eigenvalue weighted by atomic mass is 9.98. The second-order valence-electron chi connectivity index (χ2n) is 13.1. The molecular formula is C38H47N3O8. The fraction of sp³-hybridized carbons (Fsp3) is 0.474. The van der Waals surface area contributed by atoms with E-state index in [1.165, 1.54) is 0 Å². The Morgan fingerprint density at radius 3 is 2.20 bits per heavy atom. The number of ether oxygens (including phenoxy) is 4. The molecule has 1 spiro atoms. The zero-order chi connectivity index (χ0) is 34.1. The third-order valence-electron chi connectivity index (χ3n) is 9.62. The molecule has 3 atom stereocenters. The van der Waals surface area contributed by atoms with Crippen LogP contribution in [0.4, 0.5) is 0 Å². The first-order valence-corrected chi connectivity index (χ1v) is 17.3. The highest BCUT2D eigenvalue weighted by atomic mass is 16.7. The van der Waals surface area contributed by atoms with Crippen molar-refractivity contribution < 1.29 is 38.9 Å². The van der Waals surface area contributed by atoms with Gasteiger partial charge in [0.15, 0.2) is 12.1 Å². The molecule has 0 aromatic heterocycles. The Bertz CT molecular complexity index is 1520. The molecule has 0 radical (unpaired) electrons. The maximum Gasteiger partial charge on any atom is 0.243 e. The summed E-state index contributed by atoms with van der Waals surface area (Å²) in [7, 11) is 0. The minimum absolute atomic E-state index is 0.00296. The van der Waals surface area contributed by atoms with Gasteiger partial charge in [0.2, 0.25) is 11.8 Å². The van der Waals surface area contributed by atoms with Crippen LogP contribution >= 0.6 is 0 Å². The molecule has 6 rings (SSSR count). The summed E-state index contributed by atoms with van der Waals surface area (Å²) < 4.78 is 25.1. The molecule has 3 fully saturated rings. The number of aliphatic hydroxyl groups is 1. The highest BCUT2D eigenvalue weighted by Gasteiger charge is 2.41. The summed E-state index contributed by atoms with van der Waals surface area (Å²) >= 11 is 0. The topological polar surface area (TPSA) is 139 Å². The number of piperidine rings is 1. The van der Waals surface area contributed by atoms with Gasteiger partial charge in [-0.1, -0.05) is 66.7 Å². The quantitative estimate of drug-likeness (QED) is 0.113. The largest absolute Gasteiger partial charge is 0.392 e. The fourth-order valence-corrected chi connectivity index (χ4v) is 6.79. The molecule has 3 aliphatic heterocycles. The summed E-state index contributed by atoms with van der Waals surface area (Å²) in [6.45, 7) is 4.33. The van der Waals surface area contributed by atoms with Crippen molar-refractivity contribution in [3.05, 3.63) is 95.1 Å². The van der Waals surface area contributed by atoms with E-state index in [1.807, 2.05) is 42.5 Å². The number of hydrogen-bond acceptors (Lipinski definition) is 9. The highest BCUT2D eigenvalue weighted by Crippen LogP contribution is 2.39. The lowest BCUT2D eigenvalue weighted by Crippen LogP contribution is -2.48. The standard InChI is InChI=1S/C38H47N3O8/c42-26-27-8-10-30(11-9-27)34-23-33(25-41-18-16-38(17-19-41)46-20-21-47-38)48-37(49-34)31-14-12-29(13-15-31)32-5-3-4-28(22-32)24-39-35(43)6-1-2-7-36(44)40-45/h3-5,8-15,22,33-34,37,42,45H,1-2,6-7,16-21,23-26H2,(H,39,43)(H,40,44). The van der Waals surface area contributed by atoms with E-state index in [1.54, 1.807) is 5.48 Å². The molecule has 11 heteroatoms. The molecule has 4 N–H and O–H groups in total. The first-order valence-electron chi connectivity index (χ1n) is 17.3. The van der Waals surface area contributed by atoms with Crippen molar-refractivity contribution in [1.82, 2.24) is 15.7 Å². The Kier molecular flexibility index (Phi) is 12.1. The van der Waals surface area contributed by atoms with Crippen LogP contribution in [0.5, 0.6) is 0 Å². The molecule has 3 aromatic rings. The highest BCUT2D eigenvalue weighted by molar-refractivity contribution is 5.76. The van der Waals surface area contributed by atoms with Crippen LogP contribution in [0, 0.1) is 0 Å². The van der Waals surface area contributed by atoms with Gasteiger partial charge in [0.05, 0.1) is 32.0 Å². The van der Waals surface area contributed by atoms with E-state index in [-0.39, 0.29) is 31.1 Å². The number of nitrogens with zero attached hydrogens (tertiary/aromatic N) is 1. The van der Waals surface area contributed by atoms with Crippen molar-refractivity contribution in [2.75, 3.05) is 32.8 Å². The van der Waals surface area contributed by atoms with Crippen LogP contribution in [-0.4, -0.2) is 71.8 Å². The molecule has 49 heavy (non-hydrogen) atoms. The van der Waals surface area contributed by atoms with Gasteiger partial charge in [0.1, 0.15) is 0 Å². The number of amides is 2. The number of rotatable bonds is 13. The number of carbonyl (C=O) groups excluding carboxylic acids is 2. The maximum absolute atomic E-state index is 12.3. The van der Waals surface area contributed by atoms with Crippen molar-refractivity contribution in [2.24, 2.45) is 0 Å². The normalized spacial score (nSPS) is 22.2. The van der Waals surface area contributed by atoms with Gasteiger partial charge in [-0.25, -0.2) is 5.48 Å². The van der Waals surface area contributed by atoms with E-state index >= 15 is 0 Å². The minimum Gasteiger partial charge on any atom is -0.392 e. The number of aliphatic hydroxyl groups excluding tert-OH is 1. The number of likely N-dealkylation sites (tertiary alicyclic amines) is 1. The molecule has 0 aliphatic carbocycles. The summed E-state index contributed by atoms with van der Waals surface area (Å²) in [5.74, 6) is -0.932. The third-order valence-corrected chi connectivity index (χ3v) is 9.62. The molecule has 0 saturated carbocycles. The molecule has 262 valence electrons. The van der Waals surface area contributed by atoms with Crippen LogP contribution in [0.2, 0.25) is 0 Å². The van der Waals surface area contributed by atoms with Crippen molar-refractivity contribution >= 4 is 11.8 Å². The van der Waals surface area contributed by atoms with Gasteiger partial charge in [-0.15, -0.1) is 0 Å². The second-order valence-corrected chi connectivity index (χ2v) is 13.1. The van der Waals surface area contributed by atoms with Crippen LogP contribution in [0.1, 0.15) is 79.6 Å². The number of nitrogens with one attached hydrogen (secondary N) is 2. The molecule has 3 aliphatic rings. The van der Waals surface area contributed by atoms with Crippen LogP contribution < -0.4 is 10.8 Å². The summed E-state index contributed by atoms with van der Waals surface area (Å²) in [5.41, 5.74) is 7.55. The maximum atomic E-state index is 12.3. The average Bonchev–Trinajstić information content (AvgIpc) is 3.61. The Labute approximate surface area is 287 Å². The van der Waals surface area contributed by atoms with Crippen LogP contribution in [0.25, 0.3) is 11.1 Å². The molecule has 0 bridgehead atoms. The Balaban J connectivity index is 1.08. The van der Waals surface area contributed by atoms with Gasteiger partial charge in [0, 0.05) is 63.8 Å². The zero-order valence-corrected chi connectivity index (χ0v) is 27.9. The van der Waals surface area contributed by atoms with E-state index in [4.69, 9.17) is 24.2 Å². The minimum atomic E-state index is -0.535. The summed E-state index contributed by atoms with van der Waals surface area (Å²) in [6, 6.07) is 24.3. The Hall–Kier alpha value is -3.68. The van der Waals surface area contributed by atoms with Gasteiger partial charge >= 0.3 is 0 Å². The van der Waals surface area contributed by atoms with Gasteiger partial charge in [-0.2, -0.15) is 0 Å². The van der Waals surface area contributed by atoms with E-state index in [2.05, 4.69) is 40.5 Å². The molecule has 3 saturated heterocycles. The van der Waals surface area contributed by atoms with Gasteiger partial charge < -0.3 is 34.3 Å². The van der Waals surface area contributed by atoms with Crippen molar-refractivity contribution in [3.8, 4) is 11.1 Å². The lowest BCUT2D eigenvalue weighted by molar-refractivity contribution is -0.255. The average molecular weight is 674 g/mol. The molecule has 3 aromatic carbocycles. The number of carbonyl (C=O) groups is 2. The van der Waals surface area contributed by atoms with Gasteiger partial charge in [-0.3, -0.25) is 14.8 Å². The van der Waals surface area contributed by atoms with Crippen LogP contribution in [-0.2, 0) is 41.7 Å². The van der Waals surface area contributed by atoms with Crippen LogP contribution in [0.15, 0.2) is 72.8 Å². The van der Waals surface area contributed by atoms with E-state index in [9.17, 15) is 14.7 Å². The van der Waals surface area contributed by atoms with Crippen molar-refractivity contribution in [1.29, 1.82) is 0 Å². The van der Waals surface area contributed by atoms with E-state index < -0.39 is 18.0 Å². The number of hydroxylamine groups is 1. The first kappa shape index (κ1) is 35.2. The number of hydrogen-bond donors (Lipinski definition) is 4. The Morgan fingerprint density at radius 2 is 1.51 bits per heavy atom. The van der Waals surface area contributed by atoms with Crippen molar-refractivity contribution in [2.45, 2.75) is 82.4 Å². The smallest absolute Gasteiger partial charge is 0.243 e. The number of benzene rings is 3. The molecule has 11 nitrogen and oxygen atoms in total. The number of unbranched alkanes of at least 4 members (excludes halogenated alkanes) is 1. The SMILES string of the molecule is O=C(CCCCC(=O)NCc1cccc(-c2ccc(C3OC(CN4CCC5(CC4)OCCO5)CC(c4ccc(CO)cc4)O3)cc2)c1)NO. The zero-order valence-electron chi connectivity index (χ0n) is 27.9. The predicted octanol–water partition coefficient (Wildman–Crippen LogP) is 4.91. The monoisotopic (exact) mass is 673 g/mol. The van der Waals surface area contributed by atoms with Gasteiger partial charge in [0.25, 0.3) is 0 Å². The summed E-state index contributed by atoms with van der Waals surface area (Å²) in [6.07, 6.45) is 3.33. The summed E-state index contributed by atoms with van der Waals surface area (Å²) in [5, 5.41) is 21.1. The van der Waals surface area contributed by atoms with E-state index in [0.29, 0.717) is 39.0 Å². The Morgan fingerprint density at radius 1 is 0.816 bits per heavy atom. The second kappa shape index (κ2) is 16.8. The fourth-order valence-electron chi connectivity index (χ4n) is 6.79. The summed E-state index contributed by atoms with van der Waals surface area (Å²) in [4.78, 5) is 25.9. The predicted molar refractivity (Wildman–Crippen MR) is 181 cm³/mol. The molecule has 2 amide bonds. The molecular weight excluding hydrogens is 626 g/mol. The lowest BCUT2D eigenvalue weighted by Gasteiger charge is -2.41. The van der Waals surface area contributed by atoms with E-state index in [0.717, 1.165) is 72.3 Å². The first-order chi connectivity index (χ1) is 23.9. The molecule has 3 unspecified atom stereocenters. The van der Waals surface area contributed by atoms with Crippen molar-refractivity contribution in [3.63, 3.8) is 0 Å². The third kappa shape index (κ3) is 9.52. The van der Waals surface area contributed by atoms with Gasteiger partial charge in [-0.05, 0) is 46.7 Å².